The summed E-state index contributed by atoms with van der Waals surface area (Å²) in [5, 5.41) is 0. The third-order valence-corrected chi connectivity index (χ3v) is 7.07. The number of unbranched alkanes of at least 4 members (excludes halogenated alkanes) is 18. The van der Waals surface area contributed by atoms with Gasteiger partial charge in [0, 0.05) is 6.42 Å². The zero-order chi connectivity index (χ0) is 23.1. The fraction of sp³-hybridized carbons (Fsp3) is 0.900. The highest BCUT2D eigenvalue weighted by Gasteiger charge is 2.15. The quantitative estimate of drug-likeness (QED) is 0.110. The number of aryl methyl sites for hydroxylation is 2. The Hall–Kier alpha value is -0.790. The van der Waals surface area contributed by atoms with Crippen molar-refractivity contribution in [3.8, 4) is 0 Å². The van der Waals surface area contributed by atoms with Crippen LogP contribution in [0, 0.1) is 0 Å². The molecule has 0 spiro atoms. The van der Waals surface area contributed by atoms with Crippen LogP contribution in [-0.2, 0) is 19.5 Å². The molecule has 188 valence electrons. The molecule has 0 fully saturated rings. The number of hydrogen-bond donors (Lipinski definition) is 0. The maximum Gasteiger partial charge on any atom is 0.256 e. The van der Waals surface area contributed by atoms with Gasteiger partial charge in [0.15, 0.2) is 0 Å². The Labute approximate surface area is 202 Å². The highest BCUT2D eigenvalue weighted by Crippen LogP contribution is 2.14. The van der Waals surface area contributed by atoms with E-state index in [1.54, 1.807) is 5.82 Å². The van der Waals surface area contributed by atoms with E-state index in [2.05, 4.69) is 42.3 Å². The first-order chi connectivity index (χ1) is 15.8. The maximum absolute atomic E-state index is 2.55. The number of nitrogens with zero attached hydrogens (tertiary/aromatic N) is 2. The lowest BCUT2D eigenvalue weighted by molar-refractivity contribution is -0.704. The van der Waals surface area contributed by atoms with Crippen LogP contribution >= 0.6 is 0 Å². The van der Waals surface area contributed by atoms with E-state index in [0.717, 1.165) is 0 Å². The number of rotatable bonds is 24. The molecular weight excluding hydrogens is 388 g/mol. The lowest BCUT2D eigenvalue weighted by Crippen LogP contribution is -2.37. The van der Waals surface area contributed by atoms with Gasteiger partial charge in [-0.1, -0.05) is 124 Å². The fourth-order valence-corrected chi connectivity index (χ4v) is 4.96. The minimum atomic E-state index is 1.21. The van der Waals surface area contributed by atoms with Gasteiger partial charge in [0.05, 0.1) is 13.1 Å². The fourth-order valence-electron chi connectivity index (χ4n) is 4.96. The summed E-state index contributed by atoms with van der Waals surface area (Å²) in [6.45, 7) is 9.35. The molecule has 0 saturated heterocycles. The Balaban J connectivity index is 2.03. The Morgan fingerprint density at radius 1 is 0.531 bits per heavy atom. The van der Waals surface area contributed by atoms with E-state index in [1.807, 2.05) is 0 Å². The molecule has 0 aliphatic carbocycles. The second-order valence-electron chi connectivity index (χ2n) is 10.2. The molecule has 2 heteroatoms. The van der Waals surface area contributed by atoms with Crippen molar-refractivity contribution in [2.75, 3.05) is 0 Å². The molecule has 0 N–H and O–H groups in total. The van der Waals surface area contributed by atoms with Crippen LogP contribution in [0.5, 0.6) is 0 Å². The number of hydrogen-bond acceptors (Lipinski definition) is 0. The molecule has 0 amide bonds. The summed E-state index contributed by atoms with van der Waals surface area (Å²) in [5.41, 5.74) is 0. The molecule has 0 radical (unpaired) electrons. The second kappa shape index (κ2) is 22.0. The average molecular weight is 448 g/mol. The van der Waals surface area contributed by atoms with E-state index in [-0.39, 0.29) is 0 Å². The second-order valence-corrected chi connectivity index (χ2v) is 10.2. The first kappa shape index (κ1) is 29.2. The lowest BCUT2D eigenvalue weighted by Gasteiger charge is -2.06. The maximum atomic E-state index is 2.55. The van der Waals surface area contributed by atoms with Gasteiger partial charge in [-0.15, -0.1) is 0 Å². The van der Waals surface area contributed by atoms with E-state index in [1.165, 1.54) is 154 Å². The van der Waals surface area contributed by atoms with Crippen molar-refractivity contribution in [2.24, 2.45) is 0 Å². The molecule has 0 saturated carbocycles. The van der Waals surface area contributed by atoms with E-state index in [0.29, 0.717) is 0 Å². The van der Waals surface area contributed by atoms with Crippen molar-refractivity contribution >= 4 is 0 Å². The van der Waals surface area contributed by atoms with E-state index in [9.17, 15) is 0 Å². The summed E-state index contributed by atoms with van der Waals surface area (Å²) in [7, 11) is 0. The van der Waals surface area contributed by atoms with Crippen LogP contribution in [0.25, 0.3) is 0 Å². The van der Waals surface area contributed by atoms with Gasteiger partial charge >= 0.3 is 0 Å². The Bertz CT molecular complexity index is 505. The zero-order valence-electron chi connectivity index (χ0n) is 22.5. The predicted molar refractivity (Wildman–Crippen MR) is 142 cm³/mol. The molecule has 1 aromatic heterocycles. The molecule has 0 atom stereocenters. The molecule has 2 nitrogen and oxygen atoms in total. The van der Waals surface area contributed by atoms with Crippen LogP contribution in [0.2, 0.25) is 0 Å². The summed E-state index contributed by atoms with van der Waals surface area (Å²) in [5.74, 6) is 1.56. The Morgan fingerprint density at radius 2 is 0.969 bits per heavy atom. The largest absolute Gasteiger partial charge is 0.256 e. The van der Waals surface area contributed by atoms with E-state index in [4.69, 9.17) is 0 Å². The first-order valence-corrected chi connectivity index (χ1v) is 14.9. The highest BCUT2D eigenvalue weighted by molar-refractivity contribution is 4.84. The van der Waals surface area contributed by atoms with Gasteiger partial charge in [0.1, 0.15) is 12.4 Å². The third-order valence-electron chi connectivity index (χ3n) is 7.07. The minimum Gasteiger partial charge on any atom is -0.234 e. The topological polar surface area (TPSA) is 8.81 Å². The van der Waals surface area contributed by atoms with E-state index < -0.39 is 0 Å². The summed E-state index contributed by atoms with van der Waals surface area (Å²) in [4.78, 5) is 0. The molecule has 1 heterocycles. The number of imidazole rings is 1. The summed E-state index contributed by atoms with van der Waals surface area (Å²) in [6, 6.07) is 0. The average Bonchev–Trinajstić information content (AvgIpc) is 3.18. The molecule has 1 aromatic rings. The molecule has 0 bridgehead atoms. The zero-order valence-corrected chi connectivity index (χ0v) is 22.5. The standard InChI is InChI=1S/C30H59N2/c1-4-7-9-11-12-13-14-15-16-17-18-19-20-22-24-27-32-29-28-31(30(32)25-6-3)26-23-21-10-8-5-2/h28-29H,4-27H2,1-3H3/q+1. The normalized spacial score (nSPS) is 11.5. The van der Waals surface area contributed by atoms with Crippen molar-refractivity contribution < 1.29 is 4.57 Å². The van der Waals surface area contributed by atoms with Crippen LogP contribution in [0.15, 0.2) is 12.4 Å². The van der Waals surface area contributed by atoms with Crippen molar-refractivity contribution in [3.63, 3.8) is 0 Å². The molecule has 32 heavy (non-hydrogen) atoms. The van der Waals surface area contributed by atoms with Crippen molar-refractivity contribution in [1.82, 2.24) is 4.57 Å². The van der Waals surface area contributed by atoms with E-state index >= 15 is 0 Å². The molecule has 0 unspecified atom stereocenters. The van der Waals surface area contributed by atoms with Crippen LogP contribution in [0.4, 0.5) is 0 Å². The molecule has 0 aliphatic heterocycles. The highest BCUT2D eigenvalue weighted by atomic mass is 15.1. The summed E-state index contributed by atoms with van der Waals surface area (Å²) < 4.78 is 5.10. The molecule has 1 rings (SSSR count). The Morgan fingerprint density at radius 3 is 1.44 bits per heavy atom. The SMILES string of the molecule is CCCCCCCCCCCCCCCCCn1cc[n+](CCCCCCC)c1CCC. The van der Waals surface area contributed by atoms with Gasteiger partial charge in [-0.2, -0.15) is 0 Å². The monoisotopic (exact) mass is 447 g/mol. The third kappa shape index (κ3) is 15.1. The van der Waals surface area contributed by atoms with Gasteiger partial charge < -0.3 is 0 Å². The van der Waals surface area contributed by atoms with Gasteiger partial charge in [0.2, 0.25) is 0 Å². The first-order valence-electron chi connectivity index (χ1n) is 14.9. The van der Waals surface area contributed by atoms with Gasteiger partial charge in [-0.3, -0.25) is 0 Å². The van der Waals surface area contributed by atoms with Crippen molar-refractivity contribution in [2.45, 2.75) is 175 Å². The van der Waals surface area contributed by atoms with Crippen LogP contribution in [0.3, 0.4) is 0 Å². The van der Waals surface area contributed by atoms with Gasteiger partial charge in [0.25, 0.3) is 5.82 Å². The molecule has 0 aromatic carbocycles. The molecular formula is C30H59N2+. The van der Waals surface area contributed by atoms with Gasteiger partial charge in [-0.25, -0.2) is 9.13 Å². The molecule has 0 aliphatic rings. The Kier molecular flexibility index (Phi) is 20.1. The van der Waals surface area contributed by atoms with Crippen LogP contribution < -0.4 is 4.57 Å². The summed E-state index contributed by atoms with van der Waals surface area (Å²) >= 11 is 0. The van der Waals surface area contributed by atoms with Crippen LogP contribution in [0.1, 0.15) is 161 Å². The predicted octanol–water partition coefficient (Wildman–Crippen LogP) is 9.57. The van der Waals surface area contributed by atoms with Crippen molar-refractivity contribution in [3.05, 3.63) is 18.2 Å². The van der Waals surface area contributed by atoms with Crippen LogP contribution in [-0.4, -0.2) is 4.57 Å². The summed E-state index contributed by atoms with van der Waals surface area (Å²) in [6.07, 6.45) is 35.7. The lowest BCUT2D eigenvalue weighted by atomic mass is 10.0. The smallest absolute Gasteiger partial charge is 0.234 e. The minimum absolute atomic E-state index is 1.21. The van der Waals surface area contributed by atoms with Crippen molar-refractivity contribution in [1.29, 1.82) is 0 Å². The van der Waals surface area contributed by atoms with Gasteiger partial charge in [-0.05, 0) is 32.1 Å². The number of aromatic nitrogens is 2.